The van der Waals surface area contributed by atoms with Gasteiger partial charge in [0.1, 0.15) is 12.3 Å². The van der Waals surface area contributed by atoms with E-state index >= 15 is 0 Å². The Balaban J connectivity index is 1.60. The summed E-state index contributed by atoms with van der Waals surface area (Å²) in [4.78, 5) is 28.4. The molecule has 6 heteroatoms. The van der Waals surface area contributed by atoms with Crippen molar-refractivity contribution >= 4 is 17.5 Å². The number of piperazine rings is 1. The Morgan fingerprint density at radius 2 is 1.96 bits per heavy atom. The molecule has 0 bridgehead atoms. The van der Waals surface area contributed by atoms with E-state index in [0.717, 1.165) is 28.3 Å². The number of benzene rings is 1. The van der Waals surface area contributed by atoms with Gasteiger partial charge < -0.3 is 14.3 Å². The van der Waals surface area contributed by atoms with Gasteiger partial charge in [-0.3, -0.25) is 9.59 Å². The van der Waals surface area contributed by atoms with Crippen LogP contribution in [0.3, 0.4) is 0 Å². The molecule has 0 saturated carbocycles. The quantitative estimate of drug-likeness (QED) is 0.856. The molecule has 1 aromatic carbocycles. The lowest BCUT2D eigenvalue weighted by Gasteiger charge is -2.35. The first-order valence-electron chi connectivity index (χ1n) is 8.53. The van der Waals surface area contributed by atoms with Crippen molar-refractivity contribution in [1.29, 1.82) is 0 Å². The summed E-state index contributed by atoms with van der Waals surface area (Å²) in [7, 11) is 0. The third kappa shape index (κ3) is 3.57. The topological polar surface area (TPSA) is 66.7 Å². The van der Waals surface area contributed by atoms with Crippen molar-refractivity contribution in [2.45, 2.75) is 33.6 Å². The van der Waals surface area contributed by atoms with Crippen LogP contribution in [-0.2, 0) is 16.0 Å². The number of aromatic nitrogens is 1. The molecule has 3 rings (SSSR count). The molecular weight excluding hydrogens is 318 g/mol. The van der Waals surface area contributed by atoms with Crippen LogP contribution in [0.5, 0.6) is 0 Å². The van der Waals surface area contributed by atoms with E-state index in [1.165, 1.54) is 0 Å². The van der Waals surface area contributed by atoms with Crippen molar-refractivity contribution in [3.05, 3.63) is 46.8 Å². The number of anilines is 1. The normalized spacial score (nSPS) is 14.9. The number of carbonyl (C=O) groups excluding carboxylic acids is 2. The first kappa shape index (κ1) is 17.2. The van der Waals surface area contributed by atoms with Crippen LogP contribution in [0.1, 0.15) is 29.0 Å². The van der Waals surface area contributed by atoms with Crippen molar-refractivity contribution in [3.8, 4) is 0 Å². The SMILES string of the molecule is Cc1ccccc1N1CCN(C(=O)CCc2c(C)noc2C)CC1=O. The van der Waals surface area contributed by atoms with Crippen LogP contribution in [-0.4, -0.2) is 41.5 Å². The van der Waals surface area contributed by atoms with Crippen LogP contribution in [0.25, 0.3) is 0 Å². The summed E-state index contributed by atoms with van der Waals surface area (Å²) in [5, 5.41) is 3.91. The number of rotatable bonds is 4. The Hall–Kier alpha value is -2.63. The monoisotopic (exact) mass is 341 g/mol. The van der Waals surface area contributed by atoms with Crippen LogP contribution >= 0.6 is 0 Å². The highest BCUT2D eigenvalue weighted by atomic mass is 16.5. The van der Waals surface area contributed by atoms with E-state index in [1.807, 2.05) is 45.0 Å². The Morgan fingerprint density at radius 3 is 2.60 bits per heavy atom. The van der Waals surface area contributed by atoms with Crippen LogP contribution in [0, 0.1) is 20.8 Å². The predicted octanol–water partition coefficient (Wildman–Crippen LogP) is 2.41. The molecule has 6 nitrogen and oxygen atoms in total. The van der Waals surface area contributed by atoms with E-state index in [0.29, 0.717) is 25.9 Å². The molecule has 1 aliphatic rings. The van der Waals surface area contributed by atoms with Crippen LogP contribution in [0.4, 0.5) is 5.69 Å². The number of para-hydroxylation sites is 1. The van der Waals surface area contributed by atoms with Crippen LogP contribution < -0.4 is 4.90 Å². The molecule has 0 N–H and O–H groups in total. The van der Waals surface area contributed by atoms with Gasteiger partial charge in [0, 0.05) is 30.8 Å². The van der Waals surface area contributed by atoms with E-state index < -0.39 is 0 Å². The summed E-state index contributed by atoms with van der Waals surface area (Å²) < 4.78 is 5.13. The molecule has 1 aliphatic heterocycles. The third-order valence-corrected chi connectivity index (χ3v) is 4.75. The van der Waals surface area contributed by atoms with Crippen molar-refractivity contribution in [2.75, 3.05) is 24.5 Å². The molecule has 2 amide bonds. The molecule has 1 aromatic heterocycles. The highest BCUT2D eigenvalue weighted by molar-refractivity contribution is 5.98. The minimum absolute atomic E-state index is 0.00205. The summed E-state index contributed by atoms with van der Waals surface area (Å²) in [6.45, 7) is 6.94. The molecule has 2 heterocycles. The van der Waals surface area contributed by atoms with Gasteiger partial charge in [0.2, 0.25) is 11.8 Å². The van der Waals surface area contributed by atoms with Crippen molar-refractivity contribution < 1.29 is 14.1 Å². The average molecular weight is 341 g/mol. The number of aryl methyl sites for hydroxylation is 3. The molecule has 25 heavy (non-hydrogen) atoms. The molecule has 0 spiro atoms. The van der Waals surface area contributed by atoms with Crippen molar-refractivity contribution in [1.82, 2.24) is 10.1 Å². The lowest BCUT2D eigenvalue weighted by atomic mass is 10.1. The van der Waals surface area contributed by atoms with E-state index in [-0.39, 0.29) is 18.4 Å². The highest BCUT2D eigenvalue weighted by Crippen LogP contribution is 2.22. The predicted molar refractivity (Wildman–Crippen MR) is 94.4 cm³/mol. The molecule has 0 atom stereocenters. The molecule has 132 valence electrons. The smallest absolute Gasteiger partial charge is 0.246 e. The molecule has 2 aromatic rings. The second-order valence-corrected chi connectivity index (χ2v) is 6.45. The summed E-state index contributed by atoms with van der Waals surface area (Å²) in [6, 6.07) is 7.82. The maximum absolute atomic E-state index is 12.5. The van der Waals surface area contributed by atoms with E-state index in [9.17, 15) is 9.59 Å². The molecule has 0 unspecified atom stereocenters. The zero-order chi connectivity index (χ0) is 18.0. The minimum atomic E-state index is -0.0359. The first-order valence-corrected chi connectivity index (χ1v) is 8.53. The Labute approximate surface area is 147 Å². The first-order chi connectivity index (χ1) is 12.0. The van der Waals surface area contributed by atoms with Gasteiger partial charge >= 0.3 is 0 Å². The van der Waals surface area contributed by atoms with Crippen LogP contribution in [0.2, 0.25) is 0 Å². The second kappa shape index (κ2) is 7.09. The standard InChI is InChI=1S/C19H23N3O3/c1-13-6-4-5-7-17(13)22-11-10-21(12-19(22)24)18(23)9-8-16-14(2)20-25-15(16)3/h4-7H,8-12H2,1-3H3. The van der Waals surface area contributed by atoms with Gasteiger partial charge in [0.15, 0.2) is 0 Å². The summed E-state index contributed by atoms with van der Waals surface area (Å²) in [5.74, 6) is 0.717. The minimum Gasteiger partial charge on any atom is -0.361 e. The Kier molecular flexibility index (Phi) is 4.88. The lowest BCUT2D eigenvalue weighted by molar-refractivity contribution is -0.136. The van der Waals surface area contributed by atoms with Gasteiger partial charge in [-0.05, 0) is 38.8 Å². The zero-order valence-corrected chi connectivity index (χ0v) is 14.9. The van der Waals surface area contributed by atoms with E-state index in [1.54, 1.807) is 9.80 Å². The average Bonchev–Trinajstić information content (AvgIpc) is 2.92. The number of nitrogens with zero attached hydrogens (tertiary/aromatic N) is 3. The number of carbonyl (C=O) groups is 2. The van der Waals surface area contributed by atoms with Gasteiger partial charge in [0.05, 0.1) is 5.69 Å². The number of hydrogen-bond donors (Lipinski definition) is 0. The van der Waals surface area contributed by atoms with Gasteiger partial charge in [-0.25, -0.2) is 0 Å². The number of hydrogen-bond acceptors (Lipinski definition) is 4. The largest absolute Gasteiger partial charge is 0.361 e. The molecule has 1 saturated heterocycles. The molecule has 1 fully saturated rings. The fourth-order valence-electron chi connectivity index (χ4n) is 3.26. The molecular formula is C19H23N3O3. The van der Waals surface area contributed by atoms with Gasteiger partial charge in [-0.15, -0.1) is 0 Å². The zero-order valence-electron chi connectivity index (χ0n) is 14.9. The molecule has 0 radical (unpaired) electrons. The molecule has 0 aliphatic carbocycles. The van der Waals surface area contributed by atoms with Gasteiger partial charge in [-0.2, -0.15) is 0 Å². The van der Waals surface area contributed by atoms with Crippen molar-refractivity contribution in [2.24, 2.45) is 0 Å². The van der Waals surface area contributed by atoms with Gasteiger partial charge in [0.25, 0.3) is 0 Å². The Bertz CT molecular complexity index is 777. The maximum atomic E-state index is 12.5. The summed E-state index contributed by atoms with van der Waals surface area (Å²) in [6.07, 6.45) is 0.951. The van der Waals surface area contributed by atoms with Crippen molar-refractivity contribution in [3.63, 3.8) is 0 Å². The third-order valence-electron chi connectivity index (χ3n) is 4.75. The summed E-state index contributed by atoms with van der Waals surface area (Å²) in [5.41, 5.74) is 3.80. The summed E-state index contributed by atoms with van der Waals surface area (Å²) >= 11 is 0. The fourth-order valence-corrected chi connectivity index (χ4v) is 3.26. The second-order valence-electron chi connectivity index (χ2n) is 6.45. The van der Waals surface area contributed by atoms with E-state index in [2.05, 4.69) is 5.16 Å². The maximum Gasteiger partial charge on any atom is 0.246 e. The Morgan fingerprint density at radius 1 is 1.20 bits per heavy atom. The number of amides is 2. The fraction of sp³-hybridized carbons (Fsp3) is 0.421. The highest BCUT2D eigenvalue weighted by Gasteiger charge is 2.28. The lowest BCUT2D eigenvalue weighted by Crippen LogP contribution is -2.52. The van der Waals surface area contributed by atoms with Crippen LogP contribution in [0.15, 0.2) is 28.8 Å². The van der Waals surface area contributed by atoms with Gasteiger partial charge in [-0.1, -0.05) is 23.4 Å². The van der Waals surface area contributed by atoms with E-state index in [4.69, 9.17) is 4.52 Å².